The highest BCUT2D eigenvalue weighted by molar-refractivity contribution is 5.92. The molecule has 21 heavy (non-hydrogen) atoms. The van der Waals surface area contributed by atoms with Crippen LogP contribution in [0.25, 0.3) is 0 Å². The summed E-state index contributed by atoms with van der Waals surface area (Å²) in [5.41, 5.74) is 6.83. The Kier molecular flexibility index (Phi) is 4.56. The third kappa shape index (κ3) is 4.05. The Morgan fingerprint density at radius 3 is 2.57 bits per heavy atom. The predicted molar refractivity (Wildman–Crippen MR) is 81.9 cm³/mol. The van der Waals surface area contributed by atoms with E-state index in [0.717, 1.165) is 30.4 Å². The molecular weight excluding hydrogens is 264 g/mol. The van der Waals surface area contributed by atoms with E-state index in [2.05, 4.69) is 4.90 Å². The molecular formula is C17H24N2O2. The molecule has 114 valence electrons. The van der Waals surface area contributed by atoms with Crippen LogP contribution in [-0.4, -0.2) is 37.0 Å². The Morgan fingerprint density at radius 2 is 1.90 bits per heavy atom. The highest BCUT2D eigenvalue weighted by Crippen LogP contribution is 2.44. The number of unbranched alkanes of at least 4 members (excludes halogenated alkanes) is 1. The van der Waals surface area contributed by atoms with Gasteiger partial charge in [-0.05, 0) is 55.3 Å². The molecule has 4 heteroatoms. The summed E-state index contributed by atoms with van der Waals surface area (Å²) in [5.74, 6) is 1.68. The molecule has 0 radical (unpaired) electrons. The standard InChI is InChI=1S/C17H24N2O2/c18-17(20)14-5-3-13(4-6-14)12-21-8-2-1-7-19-10-15-9-16(15)11-19/h3-6,15-16H,1-2,7-12H2,(H2,18,20). The van der Waals surface area contributed by atoms with Crippen molar-refractivity contribution in [1.29, 1.82) is 0 Å². The smallest absolute Gasteiger partial charge is 0.248 e. The number of benzene rings is 1. The Morgan fingerprint density at radius 1 is 1.19 bits per heavy atom. The lowest BCUT2D eigenvalue weighted by Crippen LogP contribution is -2.24. The summed E-state index contributed by atoms with van der Waals surface area (Å²) in [6.07, 6.45) is 3.82. The van der Waals surface area contributed by atoms with Crippen LogP contribution in [0.15, 0.2) is 24.3 Å². The van der Waals surface area contributed by atoms with E-state index in [1.165, 1.54) is 32.5 Å². The van der Waals surface area contributed by atoms with Crippen molar-refractivity contribution in [2.24, 2.45) is 17.6 Å². The molecule has 3 rings (SSSR count). The molecule has 4 nitrogen and oxygen atoms in total. The molecule has 1 saturated heterocycles. The van der Waals surface area contributed by atoms with E-state index in [1.807, 2.05) is 12.1 Å². The van der Waals surface area contributed by atoms with Gasteiger partial charge in [0.15, 0.2) is 0 Å². The molecule has 1 aliphatic carbocycles. The molecule has 1 aromatic rings. The number of primary amides is 1. The van der Waals surface area contributed by atoms with Gasteiger partial charge in [-0.15, -0.1) is 0 Å². The van der Waals surface area contributed by atoms with Crippen LogP contribution in [0, 0.1) is 11.8 Å². The normalized spacial score (nSPS) is 24.0. The number of likely N-dealkylation sites (tertiary alicyclic amines) is 1. The lowest BCUT2D eigenvalue weighted by Gasteiger charge is -2.16. The fourth-order valence-corrected chi connectivity index (χ4v) is 3.17. The summed E-state index contributed by atoms with van der Waals surface area (Å²) >= 11 is 0. The van der Waals surface area contributed by atoms with Crippen LogP contribution in [0.5, 0.6) is 0 Å². The number of hydrogen-bond donors (Lipinski definition) is 1. The molecule has 1 aromatic carbocycles. The zero-order valence-electron chi connectivity index (χ0n) is 12.5. The van der Waals surface area contributed by atoms with Gasteiger partial charge in [0.1, 0.15) is 0 Å². The highest BCUT2D eigenvalue weighted by Gasteiger charge is 2.44. The van der Waals surface area contributed by atoms with Crippen molar-refractivity contribution in [3.63, 3.8) is 0 Å². The topological polar surface area (TPSA) is 55.6 Å². The first-order valence-electron chi connectivity index (χ1n) is 7.91. The van der Waals surface area contributed by atoms with Crippen molar-refractivity contribution in [2.75, 3.05) is 26.2 Å². The Labute approximate surface area is 126 Å². The van der Waals surface area contributed by atoms with Gasteiger partial charge in [-0.3, -0.25) is 4.79 Å². The average Bonchev–Trinajstić information content (AvgIpc) is 3.10. The Bertz CT molecular complexity index is 476. The average molecular weight is 288 g/mol. The number of piperidine rings is 1. The summed E-state index contributed by atoms with van der Waals surface area (Å²) in [6.45, 7) is 5.30. The second-order valence-corrected chi connectivity index (χ2v) is 6.34. The summed E-state index contributed by atoms with van der Waals surface area (Å²) in [4.78, 5) is 13.6. The monoisotopic (exact) mass is 288 g/mol. The highest BCUT2D eigenvalue weighted by atomic mass is 16.5. The number of hydrogen-bond acceptors (Lipinski definition) is 3. The van der Waals surface area contributed by atoms with Crippen molar-refractivity contribution in [2.45, 2.75) is 25.9 Å². The number of carbonyl (C=O) groups is 1. The van der Waals surface area contributed by atoms with Gasteiger partial charge in [-0.2, -0.15) is 0 Å². The van der Waals surface area contributed by atoms with Crippen LogP contribution >= 0.6 is 0 Å². The molecule has 1 amide bonds. The molecule has 1 saturated carbocycles. The maximum atomic E-state index is 11.0. The number of nitrogens with two attached hydrogens (primary N) is 1. The third-order valence-electron chi connectivity index (χ3n) is 4.57. The van der Waals surface area contributed by atoms with E-state index < -0.39 is 0 Å². The largest absolute Gasteiger partial charge is 0.377 e. The van der Waals surface area contributed by atoms with Gasteiger partial charge in [0.2, 0.25) is 5.91 Å². The molecule has 2 aliphatic rings. The van der Waals surface area contributed by atoms with Crippen LogP contribution in [0.1, 0.15) is 35.2 Å². The molecule has 2 fully saturated rings. The van der Waals surface area contributed by atoms with Crippen molar-refractivity contribution in [3.8, 4) is 0 Å². The first-order chi connectivity index (χ1) is 10.2. The van der Waals surface area contributed by atoms with E-state index >= 15 is 0 Å². The van der Waals surface area contributed by atoms with E-state index in [0.29, 0.717) is 12.2 Å². The van der Waals surface area contributed by atoms with Crippen molar-refractivity contribution in [3.05, 3.63) is 35.4 Å². The van der Waals surface area contributed by atoms with E-state index in [1.54, 1.807) is 12.1 Å². The molecule has 2 unspecified atom stereocenters. The van der Waals surface area contributed by atoms with Crippen LogP contribution in [0.3, 0.4) is 0 Å². The zero-order valence-corrected chi connectivity index (χ0v) is 12.5. The minimum atomic E-state index is -0.387. The minimum Gasteiger partial charge on any atom is -0.377 e. The van der Waals surface area contributed by atoms with Gasteiger partial charge in [-0.25, -0.2) is 0 Å². The Balaban J connectivity index is 1.25. The maximum absolute atomic E-state index is 11.0. The van der Waals surface area contributed by atoms with Gasteiger partial charge < -0.3 is 15.4 Å². The van der Waals surface area contributed by atoms with Crippen molar-refractivity contribution < 1.29 is 9.53 Å². The Hall–Kier alpha value is -1.39. The molecule has 0 spiro atoms. The zero-order chi connectivity index (χ0) is 14.7. The second kappa shape index (κ2) is 6.58. The van der Waals surface area contributed by atoms with E-state index in [-0.39, 0.29) is 5.91 Å². The van der Waals surface area contributed by atoms with Gasteiger partial charge in [0.05, 0.1) is 6.61 Å². The van der Waals surface area contributed by atoms with Gasteiger partial charge in [0, 0.05) is 25.3 Å². The number of ether oxygens (including phenoxy) is 1. The lowest BCUT2D eigenvalue weighted by atomic mass is 10.1. The molecule has 1 heterocycles. The lowest BCUT2D eigenvalue weighted by molar-refractivity contribution is 0.0999. The van der Waals surface area contributed by atoms with Gasteiger partial charge >= 0.3 is 0 Å². The van der Waals surface area contributed by atoms with Gasteiger partial charge in [0.25, 0.3) is 0 Å². The molecule has 2 N–H and O–H groups in total. The number of amides is 1. The summed E-state index contributed by atoms with van der Waals surface area (Å²) in [6, 6.07) is 7.30. The first-order valence-corrected chi connectivity index (χ1v) is 7.91. The summed E-state index contributed by atoms with van der Waals surface area (Å²) in [7, 11) is 0. The van der Waals surface area contributed by atoms with Crippen LogP contribution in [0.4, 0.5) is 0 Å². The molecule has 0 aromatic heterocycles. The van der Waals surface area contributed by atoms with E-state index in [4.69, 9.17) is 10.5 Å². The maximum Gasteiger partial charge on any atom is 0.248 e. The fourth-order valence-electron chi connectivity index (χ4n) is 3.17. The first kappa shape index (κ1) is 14.5. The number of carbonyl (C=O) groups excluding carboxylic acids is 1. The number of fused-ring (bicyclic) bond motifs is 1. The summed E-state index contributed by atoms with van der Waals surface area (Å²) < 4.78 is 5.68. The van der Waals surface area contributed by atoms with Crippen molar-refractivity contribution >= 4 is 5.91 Å². The van der Waals surface area contributed by atoms with Crippen LogP contribution < -0.4 is 5.73 Å². The predicted octanol–water partition coefficient (Wildman–Crippen LogP) is 2.03. The minimum absolute atomic E-state index is 0.387. The third-order valence-corrected chi connectivity index (χ3v) is 4.57. The quantitative estimate of drug-likeness (QED) is 0.745. The molecule has 1 aliphatic heterocycles. The van der Waals surface area contributed by atoms with Crippen molar-refractivity contribution in [1.82, 2.24) is 4.90 Å². The van der Waals surface area contributed by atoms with Crippen LogP contribution in [0.2, 0.25) is 0 Å². The molecule has 0 bridgehead atoms. The number of nitrogens with zero attached hydrogens (tertiary/aromatic N) is 1. The fraction of sp³-hybridized carbons (Fsp3) is 0.588. The van der Waals surface area contributed by atoms with Crippen LogP contribution in [-0.2, 0) is 11.3 Å². The SMILES string of the molecule is NC(=O)c1ccc(COCCCCN2CC3CC3C2)cc1. The number of rotatable bonds is 8. The van der Waals surface area contributed by atoms with E-state index in [9.17, 15) is 4.79 Å². The van der Waals surface area contributed by atoms with Gasteiger partial charge in [-0.1, -0.05) is 12.1 Å². The molecule has 2 atom stereocenters. The summed E-state index contributed by atoms with van der Waals surface area (Å²) in [5, 5.41) is 0. The second-order valence-electron chi connectivity index (χ2n) is 6.34.